The molecule has 1 atom stereocenters. The van der Waals surface area contributed by atoms with Crippen molar-refractivity contribution in [3.05, 3.63) is 45.5 Å². The van der Waals surface area contributed by atoms with E-state index in [-0.39, 0.29) is 6.04 Å². The van der Waals surface area contributed by atoms with Gasteiger partial charge in [-0.15, -0.1) is 11.3 Å². The van der Waals surface area contributed by atoms with Crippen LogP contribution in [-0.4, -0.2) is 19.8 Å². The van der Waals surface area contributed by atoms with E-state index in [0.29, 0.717) is 0 Å². The van der Waals surface area contributed by atoms with Gasteiger partial charge in [0.2, 0.25) is 0 Å². The Labute approximate surface area is 127 Å². The lowest BCUT2D eigenvalue weighted by Gasteiger charge is -2.15. The first kappa shape index (κ1) is 14.1. The summed E-state index contributed by atoms with van der Waals surface area (Å²) < 4.78 is 12.0. The van der Waals surface area contributed by atoms with Gasteiger partial charge in [0.15, 0.2) is 0 Å². The number of hydrogen-bond acceptors (Lipinski definition) is 4. The largest absolute Gasteiger partial charge is 0.467 e. The van der Waals surface area contributed by atoms with Crippen molar-refractivity contribution >= 4 is 22.9 Å². The van der Waals surface area contributed by atoms with Crippen molar-refractivity contribution in [3.63, 3.8) is 0 Å². The maximum atomic E-state index is 6.03. The van der Waals surface area contributed by atoms with E-state index in [1.165, 1.54) is 12.8 Å². The van der Waals surface area contributed by atoms with Crippen LogP contribution in [0.5, 0.6) is 0 Å². The van der Waals surface area contributed by atoms with Crippen molar-refractivity contribution in [3.8, 4) is 0 Å². The topological polar surface area (TPSA) is 34.4 Å². The van der Waals surface area contributed by atoms with Crippen molar-refractivity contribution in [2.75, 3.05) is 19.8 Å². The standard InChI is InChI=1S/C15H18ClNO2S/c16-14-6-5-13(20-14)15(12-2-1-8-19-12)17-7-9-18-10-11-3-4-11/h1-2,5-6,8,11,15,17H,3-4,7,9-10H2. The van der Waals surface area contributed by atoms with Crippen LogP contribution < -0.4 is 5.32 Å². The molecular weight excluding hydrogens is 294 g/mol. The molecule has 0 aromatic carbocycles. The molecule has 108 valence electrons. The third-order valence-corrected chi connectivity index (χ3v) is 4.65. The number of halogens is 1. The first-order valence-electron chi connectivity index (χ1n) is 6.92. The van der Waals surface area contributed by atoms with E-state index in [1.807, 2.05) is 24.3 Å². The Hall–Kier alpha value is -0.810. The van der Waals surface area contributed by atoms with E-state index < -0.39 is 0 Å². The van der Waals surface area contributed by atoms with Crippen LogP contribution in [0, 0.1) is 5.92 Å². The molecule has 0 radical (unpaired) electrons. The second kappa shape index (κ2) is 6.76. The monoisotopic (exact) mass is 311 g/mol. The van der Waals surface area contributed by atoms with E-state index in [9.17, 15) is 0 Å². The van der Waals surface area contributed by atoms with E-state index in [2.05, 4.69) is 5.32 Å². The highest BCUT2D eigenvalue weighted by atomic mass is 35.5. The summed E-state index contributed by atoms with van der Waals surface area (Å²) in [4.78, 5) is 1.16. The first-order chi connectivity index (χ1) is 9.83. The van der Waals surface area contributed by atoms with E-state index in [4.69, 9.17) is 20.8 Å². The van der Waals surface area contributed by atoms with Gasteiger partial charge in [0.1, 0.15) is 11.8 Å². The van der Waals surface area contributed by atoms with Gasteiger partial charge in [-0.2, -0.15) is 0 Å². The lowest BCUT2D eigenvalue weighted by Crippen LogP contribution is -2.25. The molecule has 1 N–H and O–H groups in total. The molecule has 2 heterocycles. The molecule has 0 spiro atoms. The minimum atomic E-state index is 0.0482. The van der Waals surface area contributed by atoms with Crippen LogP contribution in [0.3, 0.4) is 0 Å². The molecule has 1 saturated carbocycles. The van der Waals surface area contributed by atoms with E-state index >= 15 is 0 Å². The quantitative estimate of drug-likeness (QED) is 0.745. The summed E-state index contributed by atoms with van der Waals surface area (Å²) in [7, 11) is 0. The Balaban J connectivity index is 1.54. The highest BCUT2D eigenvalue weighted by Crippen LogP contribution is 2.31. The second-order valence-electron chi connectivity index (χ2n) is 5.06. The Kier molecular flexibility index (Phi) is 4.78. The first-order valence-corrected chi connectivity index (χ1v) is 8.12. The molecule has 5 heteroatoms. The van der Waals surface area contributed by atoms with Crippen LogP contribution in [-0.2, 0) is 4.74 Å². The highest BCUT2D eigenvalue weighted by molar-refractivity contribution is 7.16. The molecule has 1 fully saturated rings. The number of hydrogen-bond donors (Lipinski definition) is 1. The van der Waals surface area contributed by atoms with Crippen molar-refractivity contribution in [1.82, 2.24) is 5.32 Å². The molecule has 0 aliphatic heterocycles. The molecule has 0 saturated heterocycles. The summed E-state index contributed by atoms with van der Waals surface area (Å²) in [6.07, 6.45) is 4.36. The fourth-order valence-electron chi connectivity index (χ4n) is 2.09. The van der Waals surface area contributed by atoms with Crippen LogP contribution in [0.25, 0.3) is 0 Å². The number of ether oxygens (including phenoxy) is 1. The van der Waals surface area contributed by atoms with E-state index in [0.717, 1.165) is 40.7 Å². The molecule has 0 bridgehead atoms. The zero-order chi connectivity index (χ0) is 13.8. The Morgan fingerprint density at radius 3 is 2.95 bits per heavy atom. The zero-order valence-electron chi connectivity index (χ0n) is 11.2. The van der Waals surface area contributed by atoms with Crippen LogP contribution in [0.2, 0.25) is 4.34 Å². The molecule has 2 aromatic rings. The predicted molar refractivity (Wildman–Crippen MR) is 81.4 cm³/mol. The Morgan fingerprint density at radius 1 is 1.40 bits per heavy atom. The molecule has 2 aromatic heterocycles. The van der Waals surface area contributed by atoms with Gasteiger partial charge in [-0.05, 0) is 43.0 Å². The molecule has 3 nitrogen and oxygen atoms in total. The molecule has 1 aliphatic carbocycles. The predicted octanol–water partition coefficient (Wildman–Crippen LogP) is 4.10. The number of nitrogens with one attached hydrogen (secondary N) is 1. The molecule has 0 amide bonds. The third-order valence-electron chi connectivity index (χ3n) is 3.35. The van der Waals surface area contributed by atoms with Crippen molar-refractivity contribution in [2.24, 2.45) is 5.92 Å². The molecule has 20 heavy (non-hydrogen) atoms. The third kappa shape index (κ3) is 3.85. The molecular formula is C15H18ClNO2S. The minimum absolute atomic E-state index is 0.0482. The van der Waals surface area contributed by atoms with E-state index in [1.54, 1.807) is 17.6 Å². The summed E-state index contributed by atoms with van der Waals surface area (Å²) in [5, 5.41) is 3.48. The van der Waals surface area contributed by atoms with Gasteiger partial charge >= 0.3 is 0 Å². The summed E-state index contributed by atoms with van der Waals surface area (Å²) in [5.41, 5.74) is 0. The maximum Gasteiger partial charge on any atom is 0.126 e. The van der Waals surface area contributed by atoms with Crippen LogP contribution in [0.15, 0.2) is 34.9 Å². The zero-order valence-corrected chi connectivity index (χ0v) is 12.8. The average Bonchev–Trinajstić information content (AvgIpc) is 2.93. The highest BCUT2D eigenvalue weighted by Gasteiger charge is 2.21. The maximum absolute atomic E-state index is 6.03. The van der Waals surface area contributed by atoms with Gasteiger partial charge in [0.25, 0.3) is 0 Å². The molecule has 1 unspecified atom stereocenters. The van der Waals surface area contributed by atoms with Gasteiger partial charge in [-0.1, -0.05) is 11.6 Å². The summed E-state index contributed by atoms with van der Waals surface area (Å²) >= 11 is 7.60. The average molecular weight is 312 g/mol. The second-order valence-corrected chi connectivity index (χ2v) is 6.81. The minimum Gasteiger partial charge on any atom is -0.467 e. The van der Waals surface area contributed by atoms with Crippen molar-refractivity contribution in [1.29, 1.82) is 0 Å². The van der Waals surface area contributed by atoms with Crippen LogP contribution in [0.1, 0.15) is 29.5 Å². The normalized spacial score (nSPS) is 16.4. The smallest absolute Gasteiger partial charge is 0.126 e. The number of rotatable bonds is 8. The summed E-state index contributed by atoms with van der Waals surface area (Å²) in [6, 6.07) is 7.90. The van der Waals surface area contributed by atoms with Crippen molar-refractivity contribution in [2.45, 2.75) is 18.9 Å². The SMILES string of the molecule is Clc1ccc(C(NCCOCC2CC2)c2ccco2)s1. The lowest BCUT2D eigenvalue weighted by atomic mass is 10.2. The van der Waals surface area contributed by atoms with Gasteiger partial charge in [-0.25, -0.2) is 0 Å². The van der Waals surface area contributed by atoms with Gasteiger partial charge in [0, 0.05) is 18.0 Å². The fourth-order valence-corrected chi connectivity index (χ4v) is 3.24. The van der Waals surface area contributed by atoms with Crippen molar-refractivity contribution < 1.29 is 9.15 Å². The summed E-state index contributed by atoms with van der Waals surface area (Å²) in [6.45, 7) is 2.43. The van der Waals surface area contributed by atoms with Gasteiger partial charge in [-0.3, -0.25) is 0 Å². The Bertz CT molecular complexity index is 522. The van der Waals surface area contributed by atoms with Gasteiger partial charge < -0.3 is 14.5 Å². The van der Waals surface area contributed by atoms with Gasteiger partial charge in [0.05, 0.1) is 17.2 Å². The lowest BCUT2D eigenvalue weighted by molar-refractivity contribution is 0.124. The van der Waals surface area contributed by atoms with Crippen LogP contribution in [0.4, 0.5) is 0 Å². The molecule has 3 rings (SSSR count). The Morgan fingerprint density at radius 2 is 2.30 bits per heavy atom. The molecule has 1 aliphatic rings. The summed E-state index contributed by atoms with van der Waals surface area (Å²) in [5.74, 6) is 1.72. The number of thiophene rings is 1. The fraction of sp³-hybridized carbons (Fsp3) is 0.467. The van der Waals surface area contributed by atoms with Crippen LogP contribution >= 0.6 is 22.9 Å². The number of furan rings is 1.